The van der Waals surface area contributed by atoms with Crippen LogP contribution in [0.3, 0.4) is 0 Å². The third-order valence-corrected chi connectivity index (χ3v) is 3.76. The van der Waals surface area contributed by atoms with E-state index in [4.69, 9.17) is 0 Å². The van der Waals surface area contributed by atoms with E-state index < -0.39 is 34.3 Å². The first-order chi connectivity index (χ1) is 12.4. The van der Waals surface area contributed by atoms with Crippen LogP contribution in [0.5, 0.6) is 0 Å². The smallest absolute Gasteiger partial charge is 0.326 e. The van der Waals surface area contributed by atoms with E-state index in [1.807, 2.05) is 30.3 Å². The van der Waals surface area contributed by atoms with Gasteiger partial charge in [0, 0.05) is 18.9 Å². The van der Waals surface area contributed by atoms with Gasteiger partial charge in [0.1, 0.15) is 6.04 Å². The largest absolute Gasteiger partial charge is 0.480 e. The van der Waals surface area contributed by atoms with Crippen molar-refractivity contribution in [1.29, 1.82) is 0 Å². The maximum atomic E-state index is 13.4. The molecule has 0 heterocycles. The van der Waals surface area contributed by atoms with Crippen molar-refractivity contribution < 1.29 is 24.0 Å². The number of aliphatic carboxylic acids is 1. The van der Waals surface area contributed by atoms with Crippen molar-refractivity contribution >= 4 is 17.6 Å². The zero-order chi connectivity index (χ0) is 19.1. The number of carboxylic acid groups (broad SMARTS) is 1. The predicted octanol–water partition coefficient (Wildman–Crippen LogP) is 2.48. The van der Waals surface area contributed by atoms with Gasteiger partial charge in [-0.1, -0.05) is 36.4 Å². The van der Waals surface area contributed by atoms with Gasteiger partial charge in [0.25, 0.3) is 0 Å². The molecule has 2 aromatic rings. The molecule has 0 saturated heterocycles. The lowest BCUT2D eigenvalue weighted by Gasteiger charge is -2.14. The summed E-state index contributed by atoms with van der Waals surface area (Å²) >= 11 is 0. The molecule has 0 fully saturated rings. The molecule has 2 rings (SSSR count). The van der Waals surface area contributed by atoms with E-state index in [0.717, 1.165) is 17.7 Å². The maximum Gasteiger partial charge on any atom is 0.326 e. The molecule has 1 atom stereocenters. The first-order valence-corrected chi connectivity index (χ1v) is 7.85. The Morgan fingerprint density at radius 3 is 2.46 bits per heavy atom. The van der Waals surface area contributed by atoms with Crippen LogP contribution in [-0.4, -0.2) is 27.9 Å². The topological polar surface area (TPSA) is 110 Å². The number of halogens is 1. The molecule has 2 N–H and O–H groups in total. The summed E-state index contributed by atoms with van der Waals surface area (Å²) < 4.78 is 13.4. The number of rotatable bonds is 8. The Labute approximate surface area is 148 Å². The van der Waals surface area contributed by atoms with Crippen molar-refractivity contribution in [3.05, 3.63) is 75.6 Å². The molecule has 0 aliphatic heterocycles. The zero-order valence-electron chi connectivity index (χ0n) is 13.7. The van der Waals surface area contributed by atoms with Crippen LogP contribution in [0.25, 0.3) is 0 Å². The van der Waals surface area contributed by atoms with Gasteiger partial charge in [-0.15, -0.1) is 0 Å². The van der Waals surface area contributed by atoms with E-state index in [2.05, 4.69) is 5.32 Å². The van der Waals surface area contributed by atoms with Crippen LogP contribution in [0.15, 0.2) is 48.5 Å². The minimum absolute atomic E-state index is 0.108. The predicted molar refractivity (Wildman–Crippen MR) is 91.1 cm³/mol. The van der Waals surface area contributed by atoms with Crippen LogP contribution >= 0.6 is 0 Å². The van der Waals surface area contributed by atoms with Gasteiger partial charge in [0.2, 0.25) is 11.7 Å². The molecular formula is C18H17FN2O5. The van der Waals surface area contributed by atoms with Gasteiger partial charge in [0.05, 0.1) is 4.92 Å². The van der Waals surface area contributed by atoms with E-state index in [1.165, 1.54) is 6.07 Å². The number of carboxylic acids is 1. The summed E-state index contributed by atoms with van der Waals surface area (Å²) in [6, 6.07) is 11.1. The Morgan fingerprint density at radius 2 is 1.85 bits per heavy atom. The van der Waals surface area contributed by atoms with Gasteiger partial charge in [-0.25, -0.2) is 4.79 Å². The van der Waals surface area contributed by atoms with Gasteiger partial charge in [-0.2, -0.15) is 4.39 Å². The van der Waals surface area contributed by atoms with E-state index in [1.54, 1.807) is 0 Å². The molecule has 0 unspecified atom stereocenters. The summed E-state index contributed by atoms with van der Waals surface area (Å²) in [5, 5.41) is 22.4. The zero-order valence-corrected chi connectivity index (χ0v) is 13.7. The number of hydrogen-bond acceptors (Lipinski definition) is 4. The molecule has 26 heavy (non-hydrogen) atoms. The Hall–Kier alpha value is -3.29. The maximum absolute atomic E-state index is 13.4. The van der Waals surface area contributed by atoms with Crippen molar-refractivity contribution in [3.8, 4) is 0 Å². The van der Waals surface area contributed by atoms with Crippen molar-refractivity contribution in [1.82, 2.24) is 5.32 Å². The van der Waals surface area contributed by atoms with Crippen molar-refractivity contribution in [2.24, 2.45) is 0 Å². The van der Waals surface area contributed by atoms with Crippen LogP contribution in [0.4, 0.5) is 10.1 Å². The van der Waals surface area contributed by atoms with E-state index in [-0.39, 0.29) is 18.4 Å². The van der Waals surface area contributed by atoms with E-state index >= 15 is 0 Å². The molecule has 136 valence electrons. The average Bonchev–Trinajstić information content (AvgIpc) is 2.61. The van der Waals surface area contributed by atoms with E-state index in [9.17, 15) is 29.2 Å². The van der Waals surface area contributed by atoms with E-state index in [0.29, 0.717) is 6.42 Å². The second-order valence-electron chi connectivity index (χ2n) is 5.69. The Balaban J connectivity index is 2.00. The van der Waals surface area contributed by atoms with Crippen molar-refractivity contribution in [2.75, 3.05) is 0 Å². The molecule has 7 nitrogen and oxygen atoms in total. The van der Waals surface area contributed by atoms with Gasteiger partial charge in [-0.3, -0.25) is 14.9 Å². The summed E-state index contributed by atoms with van der Waals surface area (Å²) in [6.45, 7) is 0. The van der Waals surface area contributed by atoms with Crippen molar-refractivity contribution in [2.45, 2.75) is 25.3 Å². The van der Waals surface area contributed by atoms with Gasteiger partial charge >= 0.3 is 11.7 Å². The quantitative estimate of drug-likeness (QED) is 0.555. The number of carbonyl (C=O) groups is 2. The standard InChI is InChI=1S/C18H17FN2O5/c19-14-8-6-13(11-16(14)21(25)26)10-15(18(23)24)20-17(22)9-7-12-4-2-1-3-5-12/h1-6,8,11,15H,7,9-10H2,(H,20,22)(H,23,24)/t15-/m1/s1. The normalized spacial score (nSPS) is 11.6. The third-order valence-electron chi connectivity index (χ3n) is 3.76. The molecule has 0 bridgehead atoms. The molecule has 0 radical (unpaired) electrons. The SMILES string of the molecule is O=C(CCc1ccccc1)N[C@H](Cc1ccc(F)c([N+](=O)[O-])c1)C(=O)O. The summed E-state index contributed by atoms with van der Waals surface area (Å²) in [5.41, 5.74) is 0.458. The number of nitro benzene ring substituents is 1. The summed E-state index contributed by atoms with van der Waals surface area (Å²) in [5.74, 6) is -2.72. The number of hydrogen-bond donors (Lipinski definition) is 2. The molecule has 0 aliphatic rings. The molecule has 0 spiro atoms. The number of amides is 1. The fourth-order valence-corrected chi connectivity index (χ4v) is 2.43. The molecule has 0 aliphatic carbocycles. The highest BCUT2D eigenvalue weighted by Gasteiger charge is 2.22. The summed E-state index contributed by atoms with van der Waals surface area (Å²) in [6.07, 6.45) is 0.381. The van der Waals surface area contributed by atoms with Crippen LogP contribution in [-0.2, 0) is 22.4 Å². The molecule has 8 heteroatoms. The van der Waals surface area contributed by atoms with Crippen LogP contribution in [0.1, 0.15) is 17.5 Å². The number of nitrogens with zero attached hydrogens (tertiary/aromatic N) is 1. The number of nitrogens with one attached hydrogen (secondary N) is 1. The van der Waals surface area contributed by atoms with Gasteiger partial charge in [0.15, 0.2) is 0 Å². The third kappa shape index (κ3) is 5.37. The highest BCUT2D eigenvalue weighted by atomic mass is 19.1. The number of benzene rings is 2. The second-order valence-corrected chi connectivity index (χ2v) is 5.69. The lowest BCUT2D eigenvalue weighted by Crippen LogP contribution is -2.42. The highest BCUT2D eigenvalue weighted by molar-refractivity contribution is 5.83. The molecule has 0 saturated carbocycles. The van der Waals surface area contributed by atoms with Gasteiger partial charge < -0.3 is 10.4 Å². The molecule has 1 amide bonds. The number of aryl methyl sites for hydroxylation is 1. The lowest BCUT2D eigenvalue weighted by atomic mass is 10.0. The first kappa shape index (κ1) is 19.0. The van der Waals surface area contributed by atoms with Crippen LogP contribution < -0.4 is 5.32 Å². The highest BCUT2D eigenvalue weighted by Crippen LogP contribution is 2.19. The van der Waals surface area contributed by atoms with Crippen LogP contribution in [0, 0.1) is 15.9 Å². The Kier molecular flexibility index (Phi) is 6.37. The Bertz CT molecular complexity index is 810. The molecular weight excluding hydrogens is 343 g/mol. The minimum Gasteiger partial charge on any atom is -0.480 e. The minimum atomic E-state index is -1.27. The van der Waals surface area contributed by atoms with Gasteiger partial charge in [-0.05, 0) is 23.6 Å². The Morgan fingerprint density at radius 1 is 1.15 bits per heavy atom. The fourth-order valence-electron chi connectivity index (χ4n) is 2.43. The first-order valence-electron chi connectivity index (χ1n) is 7.85. The average molecular weight is 360 g/mol. The molecule has 0 aromatic heterocycles. The summed E-state index contributed by atoms with van der Waals surface area (Å²) in [7, 11) is 0. The monoisotopic (exact) mass is 360 g/mol. The molecule has 2 aromatic carbocycles. The second kappa shape index (κ2) is 8.70. The van der Waals surface area contributed by atoms with Crippen LogP contribution in [0.2, 0.25) is 0 Å². The summed E-state index contributed by atoms with van der Waals surface area (Å²) in [4.78, 5) is 33.3. The van der Waals surface area contributed by atoms with Crippen molar-refractivity contribution in [3.63, 3.8) is 0 Å². The lowest BCUT2D eigenvalue weighted by molar-refractivity contribution is -0.387. The number of carbonyl (C=O) groups excluding carboxylic acids is 1. The fraction of sp³-hybridized carbons (Fsp3) is 0.222. The number of nitro groups is 1.